The Hall–Kier alpha value is -3.46. The Morgan fingerprint density at radius 1 is 0.857 bits per heavy atom. The van der Waals surface area contributed by atoms with Gasteiger partial charge in [-0.15, -0.1) is 0 Å². The molecule has 1 amide bonds. The van der Waals surface area contributed by atoms with Gasteiger partial charge in [0.1, 0.15) is 0 Å². The second-order valence-electron chi connectivity index (χ2n) is 6.94. The zero-order chi connectivity index (χ0) is 19.2. The summed E-state index contributed by atoms with van der Waals surface area (Å²) in [7, 11) is 0. The van der Waals surface area contributed by atoms with Crippen molar-refractivity contribution in [3.05, 3.63) is 114 Å². The van der Waals surface area contributed by atoms with Crippen LogP contribution in [0, 0.1) is 5.92 Å². The molecule has 0 saturated heterocycles. The van der Waals surface area contributed by atoms with Crippen molar-refractivity contribution in [3.8, 4) is 0 Å². The van der Waals surface area contributed by atoms with E-state index in [9.17, 15) is 4.79 Å². The normalized spacial score (nSPS) is 18.8. The van der Waals surface area contributed by atoms with Crippen LogP contribution in [0.3, 0.4) is 0 Å². The molecule has 0 aliphatic heterocycles. The van der Waals surface area contributed by atoms with E-state index < -0.39 is 0 Å². The molecule has 0 radical (unpaired) electrons. The van der Waals surface area contributed by atoms with Crippen LogP contribution in [0.15, 0.2) is 102 Å². The summed E-state index contributed by atoms with van der Waals surface area (Å²) in [5.41, 5.74) is 6.78. The first kappa shape index (κ1) is 17.9. The van der Waals surface area contributed by atoms with E-state index in [-0.39, 0.29) is 11.8 Å². The van der Waals surface area contributed by atoms with Crippen LogP contribution in [-0.2, 0) is 4.79 Å². The zero-order valence-corrected chi connectivity index (χ0v) is 15.5. The average Bonchev–Trinajstić information content (AvgIpc) is 3.57. The van der Waals surface area contributed by atoms with Gasteiger partial charge < -0.3 is 0 Å². The summed E-state index contributed by atoms with van der Waals surface area (Å²) in [5.74, 6) is 0.285. The van der Waals surface area contributed by atoms with E-state index in [2.05, 4.69) is 22.7 Å². The molecule has 2 atom stereocenters. The summed E-state index contributed by atoms with van der Waals surface area (Å²) in [6.45, 7) is 0. The number of hydrazone groups is 1. The van der Waals surface area contributed by atoms with Gasteiger partial charge in [0.2, 0.25) is 5.91 Å². The average molecular weight is 366 g/mol. The highest BCUT2D eigenvalue weighted by atomic mass is 16.2. The minimum absolute atomic E-state index is 0.00118. The summed E-state index contributed by atoms with van der Waals surface area (Å²) in [5, 5.41) is 4.43. The number of hydrogen-bond acceptors (Lipinski definition) is 2. The Labute approximate surface area is 165 Å². The fourth-order valence-electron chi connectivity index (χ4n) is 3.30. The van der Waals surface area contributed by atoms with Crippen molar-refractivity contribution in [1.29, 1.82) is 0 Å². The highest BCUT2D eigenvalue weighted by Gasteiger charge is 2.43. The highest BCUT2D eigenvalue weighted by Crippen LogP contribution is 2.47. The number of hydrogen-bond donors (Lipinski definition) is 1. The maximum absolute atomic E-state index is 12.6. The van der Waals surface area contributed by atoms with Gasteiger partial charge in [0.15, 0.2) is 0 Å². The van der Waals surface area contributed by atoms with Crippen molar-refractivity contribution in [2.24, 2.45) is 11.0 Å². The Bertz CT molecular complexity index is 979. The maximum atomic E-state index is 12.6. The number of nitrogens with one attached hydrogen (secondary N) is 1. The summed E-state index contributed by atoms with van der Waals surface area (Å²) < 4.78 is 0. The van der Waals surface area contributed by atoms with E-state index in [1.165, 1.54) is 5.56 Å². The third-order valence-electron chi connectivity index (χ3n) is 4.94. The predicted molar refractivity (Wildman–Crippen MR) is 114 cm³/mol. The summed E-state index contributed by atoms with van der Waals surface area (Å²) >= 11 is 0. The molecule has 4 rings (SSSR count). The fourth-order valence-corrected chi connectivity index (χ4v) is 3.30. The number of carbonyl (C=O) groups is 1. The minimum Gasteiger partial charge on any atom is -0.273 e. The van der Waals surface area contributed by atoms with Gasteiger partial charge in [-0.3, -0.25) is 4.79 Å². The molecule has 1 fully saturated rings. The SMILES string of the molecule is O=C(N/N=C(\C=C\c1ccccc1)c1ccccc1)[C@H]1C[C@@H]1c1ccccc1. The lowest BCUT2D eigenvalue weighted by molar-refractivity contribution is -0.122. The van der Waals surface area contributed by atoms with E-state index in [0.29, 0.717) is 5.92 Å². The molecular formula is C25H22N2O. The van der Waals surface area contributed by atoms with Crippen LogP contribution in [0.2, 0.25) is 0 Å². The molecular weight excluding hydrogens is 344 g/mol. The van der Waals surface area contributed by atoms with Gasteiger partial charge >= 0.3 is 0 Å². The molecule has 3 nitrogen and oxygen atoms in total. The van der Waals surface area contributed by atoms with Gasteiger partial charge in [-0.05, 0) is 29.5 Å². The Balaban J connectivity index is 1.48. The van der Waals surface area contributed by atoms with Gasteiger partial charge in [-0.2, -0.15) is 5.10 Å². The topological polar surface area (TPSA) is 41.5 Å². The van der Waals surface area contributed by atoms with Crippen LogP contribution in [0.4, 0.5) is 0 Å². The first-order chi connectivity index (χ1) is 13.8. The van der Waals surface area contributed by atoms with Crippen LogP contribution >= 0.6 is 0 Å². The number of benzene rings is 3. The van der Waals surface area contributed by atoms with Crippen LogP contribution in [-0.4, -0.2) is 11.6 Å². The van der Waals surface area contributed by atoms with E-state index in [1.807, 2.05) is 91.0 Å². The Morgan fingerprint density at radius 2 is 1.46 bits per heavy atom. The zero-order valence-electron chi connectivity index (χ0n) is 15.5. The molecule has 0 heterocycles. The molecule has 0 bridgehead atoms. The molecule has 3 heteroatoms. The van der Waals surface area contributed by atoms with E-state index in [4.69, 9.17) is 0 Å². The summed E-state index contributed by atoms with van der Waals surface area (Å²) in [6.07, 6.45) is 4.82. The molecule has 0 spiro atoms. The first-order valence-corrected chi connectivity index (χ1v) is 9.52. The lowest BCUT2D eigenvalue weighted by Crippen LogP contribution is -2.21. The fraction of sp³-hybridized carbons (Fsp3) is 0.120. The monoisotopic (exact) mass is 366 g/mol. The number of allylic oxidation sites excluding steroid dienone is 1. The number of carbonyl (C=O) groups excluding carboxylic acids is 1. The summed E-state index contributed by atoms with van der Waals surface area (Å²) in [4.78, 5) is 12.6. The van der Waals surface area contributed by atoms with Crippen molar-refractivity contribution in [2.45, 2.75) is 12.3 Å². The lowest BCUT2D eigenvalue weighted by atomic mass is 10.1. The second-order valence-corrected chi connectivity index (χ2v) is 6.94. The van der Waals surface area contributed by atoms with Gasteiger partial charge in [0.05, 0.1) is 5.71 Å². The van der Waals surface area contributed by atoms with Crippen molar-refractivity contribution in [1.82, 2.24) is 5.43 Å². The number of amides is 1. The van der Waals surface area contributed by atoms with Crippen molar-refractivity contribution in [2.75, 3.05) is 0 Å². The molecule has 28 heavy (non-hydrogen) atoms. The number of nitrogens with zero attached hydrogens (tertiary/aromatic N) is 1. The Morgan fingerprint density at radius 3 is 2.14 bits per heavy atom. The number of rotatable bonds is 6. The van der Waals surface area contributed by atoms with E-state index in [0.717, 1.165) is 23.3 Å². The smallest absolute Gasteiger partial charge is 0.243 e. The van der Waals surface area contributed by atoms with Crippen LogP contribution in [0.25, 0.3) is 6.08 Å². The van der Waals surface area contributed by atoms with Crippen LogP contribution in [0.1, 0.15) is 29.0 Å². The first-order valence-electron chi connectivity index (χ1n) is 9.52. The van der Waals surface area contributed by atoms with Gasteiger partial charge in [-0.25, -0.2) is 5.43 Å². The molecule has 1 aliphatic rings. The molecule has 1 saturated carbocycles. The van der Waals surface area contributed by atoms with Gasteiger partial charge in [-0.1, -0.05) is 97.1 Å². The standard InChI is InChI=1S/C25H22N2O/c28-25(23-18-22(23)20-12-6-2-7-13-20)27-26-24(21-14-8-3-9-15-21)17-16-19-10-4-1-5-11-19/h1-17,22-23H,18H2,(H,27,28)/b17-16+,26-24+/t22-,23+/m1/s1. The Kier molecular flexibility index (Phi) is 5.43. The third-order valence-corrected chi connectivity index (χ3v) is 4.94. The maximum Gasteiger partial charge on any atom is 0.243 e. The minimum atomic E-state index is -0.0182. The molecule has 0 unspecified atom stereocenters. The molecule has 3 aromatic rings. The second kappa shape index (κ2) is 8.49. The molecule has 1 N–H and O–H groups in total. The van der Waals surface area contributed by atoms with Crippen LogP contribution in [0.5, 0.6) is 0 Å². The van der Waals surface area contributed by atoms with Gasteiger partial charge in [0.25, 0.3) is 0 Å². The lowest BCUT2D eigenvalue weighted by Gasteiger charge is -2.04. The quantitative estimate of drug-likeness (QED) is 0.483. The molecule has 1 aliphatic carbocycles. The van der Waals surface area contributed by atoms with Crippen molar-refractivity contribution < 1.29 is 4.79 Å². The third kappa shape index (κ3) is 4.44. The van der Waals surface area contributed by atoms with Gasteiger partial charge in [0, 0.05) is 11.5 Å². The van der Waals surface area contributed by atoms with E-state index in [1.54, 1.807) is 0 Å². The predicted octanol–water partition coefficient (Wildman–Crippen LogP) is 5.02. The van der Waals surface area contributed by atoms with Crippen molar-refractivity contribution in [3.63, 3.8) is 0 Å². The molecule has 0 aromatic heterocycles. The van der Waals surface area contributed by atoms with E-state index >= 15 is 0 Å². The largest absolute Gasteiger partial charge is 0.273 e. The summed E-state index contributed by atoms with van der Waals surface area (Å²) in [6, 6.07) is 30.1. The molecule has 3 aromatic carbocycles. The van der Waals surface area contributed by atoms with Crippen LogP contribution < -0.4 is 5.43 Å². The van der Waals surface area contributed by atoms with Crippen molar-refractivity contribution >= 4 is 17.7 Å². The molecule has 138 valence electrons. The highest BCUT2D eigenvalue weighted by molar-refractivity contribution is 6.11.